The van der Waals surface area contributed by atoms with E-state index in [0.717, 1.165) is 4.88 Å². The average molecular weight is 265 g/mol. The molecule has 5 heteroatoms. The lowest BCUT2D eigenvalue weighted by molar-refractivity contribution is -0.111. The second-order valence-corrected chi connectivity index (χ2v) is 4.52. The van der Waals surface area contributed by atoms with E-state index < -0.39 is 0 Å². The number of pyridine rings is 1. The number of anilines is 1. The normalized spacial score (nSPS) is 10.6. The predicted octanol–water partition coefficient (Wildman–Crippen LogP) is 3.45. The first-order valence-electron chi connectivity index (χ1n) is 4.89. The molecule has 0 spiro atoms. The van der Waals surface area contributed by atoms with E-state index in [-0.39, 0.29) is 11.1 Å². The molecule has 0 bridgehead atoms. The Hall–Kier alpha value is -1.65. The molecule has 2 heterocycles. The average Bonchev–Trinajstić information content (AvgIpc) is 2.82. The zero-order valence-electron chi connectivity index (χ0n) is 8.76. The highest BCUT2D eigenvalue weighted by Crippen LogP contribution is 2.17. The molecule has 0 radical (unpaired) electrons. The van der Waals surface area contributed by atoms with Crippen LogP contribution in [0.1, 0.15) is 4.88 Å². The Kier molecular flexibility index (Phi) is 3.90. The van der Waals surface area contributed by atoms with Crippen LogP contribution in [0.4, 0.5) is 5.69 Å². The zero-order chi connectivity index (χ0) is 12.1. The Labute approximate surface area is 108 Å². The Morgan fingerprint density at radius 3 is 3.00 bits per heavy atom. The van der Waals surface area contributed by atoms with Crippen molar-refractivity contribution in [2.75, 3.05) is 5.32 Å². The van der Waals surface area contributed by atoms with E-state index in [0.29, 0.717) is 5.69 Å². The van der Waals surface area contributed by atoms with Gasteiger partial charge in [-0.05, 0) is 29.7 Å². The van der Waals surface area contributed by atoms with Crippen molar-refractivity contribution in [3.05, 3.63) is 51.9 Å². The van der Waals surface area contributed by atoms with Crippen molar-refractivity contribution in [3.63, 3.8) is 0 Å². The van der Waals surface area contributed by atoms with Crippen molar-refractivity contribution in [2.45, 2.75) is 0 Å². The smallest absolute Gasteiger partial charge is 0.248 e. The number of aromatic nitrogens is 1. The van der Waals surface area contributed by atoms with E-state index in [1.54, 1.807) is 35.7 Å². The molecule has 2 aromatic heterocycles. The van der Waals surface area contributed by atoms with Crippen LogP contribution in [0.5, 0.6) is 0 Å². The second-order valence-electron chi connectivity index (χ2n) is 3.18. The lowest BCUT2D eigenvalue weighted by atomic mass is 10.3. The van der Waals surface area contributed by atoms with Crippen molar-refractivity contribution < 1.29 is 4.79 Å². The second kappa shape index (κ2) is 5.61. The van der Waals surface area contributed by atoms with E-state index in [2.05, 4.69) is 10.3 Å². The number of rotatable bonds is 3. The molecule has 0 unspecified atom stereocenters. The van der Waals surface area contributed by atoms with Gasteiger partial charge >= 0.3 is 0 Å². The molecule has 0 saturated heterocycles. The molecule has 86 valence electrons. The summed E-state index contributed by atoms with van der Waals surface area (Å²) in [6.07, 6.45) is 4.79. The van der Waals surface area contributed by atoms with Crippen LogP contribution in [0.3, 0.4) is 0 Å². The number of nitrogens with one attached hydrogen (secondary N) is 1. The number of thiophene rings is 1. The minimum absolute atomic E-state index is 0.228. The highest BCUT2D eigenvalue weighted by molar-refractivity contribution is 7.10. The Morgan fingerprint density at radius 2 is 2.29 bits per heavy atom. The molecule has 1 N–H and O–H groups in total. The van der Waals surface area contributed by atoms with Crippen LogP contribution in [-0.4, -0.2) is 10.9 Å². The quantitative estimate of drug-likeness (QED) is 0.681. The summed E-state index contributed by atoms with van der Waals surface area (Å²) >= 11 is 7.39. The molecular formula is C12H9ClN2OS. The number of carbonyl (C=O) groups is 1. The standard InChI is InChI=1S/C12H9ClN2OS/c13-12-10(4-1-7-14-12)15-11(16)6-5-9-3-2-8-17-9/h1-8H,(H,15,16). The first-order chi connectivity index (χ1) is 8.25. The van der Waals surface area contributed by atoms with Crippen LogP contribution < -0.4 is 5.32 Å². The summed E-state index contributed by atoms with van der Waals surface area (Å²) in [5.41, 5.74) is 0.509. The highest BCUT2D eigenvalue weighted by atomic mass is 35.5. The highest BCUT2D eigenvalue weighted by Gasteiger charge is 2.02. The third-order valence-electron chi connectivity index (χ3n) is 1.96. The van der Waals surface area contributed by atoms with Crippen molar-refractivity contribution in [1.82, 2.24) is 4.98 Å². The summed E-state index contributed by atoms with van der Waals surface area (Å²) in [5, 5.41) is 4.89. The molecule has 0 saturated carbocycles. The van der Waals surface area contributed by atoms with E-state index in [9.17, 15) is 4.79 Å². The molecule has 3 nitrogen and oxygen atoms in total. The molecular weight excluding hydrogens is 256 g/mol. The van der Waals surface area contributed by atoms with Gasteiger partial charge in [0.2, 0.25) is 5.91 Å². The van der Waals surface area contributed by atoms with Gasteiger partial charge in [0.1, 0.15) is 0 Å². The van der Waals surface area contributed by atoms with Gasteiger partial charge in [0.25, 0.3) is 0 Å². The molecule has 1 amide bonds. The van der Waals surface area contributed by atoms with E-state index in [4.69, 9.17) is 11.6 Å². The van der Waals surface area contributed by atoms with Crippen LogP contribution in [-0.2, 0) is 4.79 Å². The predicted molar refractivity (Wildman–Crippen MR) is 71.2 cm³/mol. The van der Waals surface area contributed by atoms with Crippen LogP contribution >= 0.6 is 22.9 Å². The monoisotopic (exact) mass is 264 g/mol. The number of halogens is 1. The summed E-state index contributed by atoms with van der Waals surface area (Å²) in [6.45, 7) is 0. The molecule has 2 aromatic rings. The molecule has 0 fully saturated rings. The first kappa shape index (κ1) is 11.8. The SMILES string of the molecule is O=C(C=Cc1cccs1)Nc1cccnc1Cl. The molecule has 0 aliphatic carbocycles. The van der Waals surface area contributed by atoms with Gasteiger partial charge in [0, 0.05) is 17.2 Å². The summed E-state index contributed by atoms with van der Waals surface area (Å²) in [7, 11) is 0. The largest absolute Gasteiger partial charge is 0.320 e. The fourth-order valence-corrected chi connectivity index (χ4v) is 1.98. The van der Waals surface area contributed by atoms with Crippen LogP contribution in [0, 0.1) is 0 Å². The lowest BCUT2D eigenvalue weighted by Gasteiger charge is -2.02. The number of amides is 1. The zero-order valence-corrected chi connectivity index (χ0v) is 10.3. The van der Waals surface area contributed by atoms with Gasteiger partial charge in [-0.15, -0.1) is 11.3 Å². The van der Waals surface area contributed by atoms with Crippen molar-refractivity contribution in [2.24, 2.45) is 0 Å². The summed E-state index contributed by atoms with van der Waals surface area (Å²) in [5.74, 6) is -0.228. The molecule has 2 rings (SSSR count). The minimum atomic E-state index is -0.228. The minimum Gasteiger partial charge on any atom is -0.320 e. The molecule has 0 aromatic carbocycles. The maximum absolute atomic E-state index is 11.6. The fraction of sp³-hybridized carbons (Fsp3) is 0. The summed E-state index contributed by atoms with van der Waals surface area (Å²) in [6, 6.07) is 7.28. The number of nitrogens with zero attached hydrogens (tertiary/aromatic N) is 1. The van der Waals surface area contributed by atoms with Crippen LogP contribution in [0.25, 0.3) is 6.08 Å². The van der Waals surface area contributed by atoms with E-state index >= 15 is 0 Å². The van der Waals surface area contributed by atoms with Gasteiger partial charge < -0.3 is 5.32 Å². The number of hydrogen-bond acceptors (Lipinski definition) is 3. The van der Waals surface area contributed by atoms with Gasteiger partial charge in [-0.3, -0.25) is 4.79 Å². The molecule has 17 heavy (non-hydrogen) atoms. The summed E-state index contributed by atoms with van der Waals surface area (Å²) < 4.78 is 0. The van der Waals surface area contributed by atoms with Crippen LogP contribution in [0.15, 0.2) is 41.9 Å². The van der Waals surface area contributed by atoms with Gasteiger partial charge in [0.15, 0.2) is 5.15 Å². The van der Waals surface area contributed by atoms with Crippen molar-refractivity contribution in [1.29, 1.82) is 0 Å². The summed E-state index contributed by atoms with van der Waals surface area (Å²) in [4.78, 5) is 16.5. The van der Waals surface area contributed by atoms with Gasteiger partial charge in [-0.2, -0.15) is 0 Å². The maximum Gasteiger partial charge on any atom is 0.248 e. The fourth-order valence-electron chi connectivity index (χ4n) is 1.20. The molecule has 0 aliphatic heterocycles. The Morgan fingerprint density at radius 1 is 1.41 bits per heavy atom. The van der Waals surface area contributed by atoms with Crippen LogP contribution in [0.2, 0.25) is 5.15 Å². The van der Waals surface area contributed by atoms with Gasteiger partial charge in [-0.1, -0.05) is 17.7 Å². The molecule has 0 aliphatic rings. The number of hydrogen-bond donors (Lipinski definition) is 1. The lowest BCUT2D eigenvalue weighted by Crippen LogP contribution is -2.08. The van der Waals surface area contributed by atoms with E-state index in [1.165, 1.54) is 6.08 Å². The molecule has 0 atom stereocenters. The Bertz CT molecular complexity index is 537. The van der Waals surface area contributed by atoms with Crippen molar-refractivity contribution in [3.8, 4) is 0 Å². The van der Waals surface area contributed by atoms with E-state index in [1.807, 2.05) is 17.5 Å². The maximum atomic E-state index is 11.6. The number of carbonyl (C=O) groups excluding carboxylic acids is 1. The first-order valence-corrected chi connectivity index (χ1v) is 6.14. The third-order valence-corrected chi connectivity index (χ3v) is 3.10. The van der Waals surface area contributed by atoms with Gasteiger partial charge in [-0.25, -0.2) is 4.98 Å². The van der Waals surface area contributed by atoms with Gasteiger partial charge in [0.05, 0.1) is 5.69 Å². The third kappa shape index (κ3) is 3.41. The van der Waals surface area contributed by atoms with Crippen molar-refractivity contribution >= 4 is 40.6 Å². The Balaban J connectivity index is 2.01. The topological polar surface area (TPSA) is 42.0 Å².